The van der Waals surface area contributed by atoms with E-state index in [1.165, 1.54) is 23.3 Å². The molecule has 0 bridgehead atoms. The number of hydrogen-bond acceptors (Lipinski definition) is 3. The van der Waals surface area contributed by atoms with E-state index in [9.17, 15) is 13.2 Å². The number of carbonyl (C=O) groups is 1. The van der Waals surface area contributed by atoms with E-state index >= 15 is 0 Å². The summed E-state index contributed by atoms with van der Waals surface area (Å²) >= 11 is 0. The number of sulfonamides is 1. The summed E-state index contributed by atoms with van der Waals surface area (Å²) in [5.74, 6) is 0. The average Bonchev–Trinajstić information content (AvgIpc) is 2.88. The molecular weight excluding hydrogens is 312 g/mol. The lowest BCUT2D eigenvalue weighted by Crippen LogP contribution is -2.44. The Balaban J connectivity index is 1.63. The maximum atomic E-state index is 12.2. The fourth-order valence-electron chi connectivity index (χ4n) is 2.77. The molecule has 1 aliphatic rings. The lowest BCUT2D eigenvalue weighted by atomic mass is 10.1. The summed E-state index contributed by atoms with van der Waals surface area (Å²) in [6, 6.07) is 13.6. The topological polar surface area (TPSA) is 75.3 Å². The zero-order valence-corrected chi connectivity index (χ0v) is 13.6. The fourth-order valence-corrected chi connectivity index (χ4v) is 3.69. The minimum Gasteiger partial charge on any atom is -0.334 e. The van der Waals surface area contributed by atoms with Crippen molar-refractivity contribution in [2.45, 2.75) is 30.7 Å². The van der Waals surface area contributed by atoms with Gasteiger partial charge >= 0.3 is 6.03 Å². The van der Waals surface area contributed by atoms with E-state index in [2.05, 4.69) is 10.0 Å². The maximum absolute atomic E-state index is 12.2. The van der Waals surface area contributed by atoms with Gasteiger partial charge in [-0.2, -0.15) is 0 Å². The zero-order chi connectivity index (χ0) is 16.4. The standard InChI is InChI=1S/C17H18N2O3S/c1-12-6-8-16(9-7-12)23(21,22)19-17(20)18-15-10-13-4-2-3-5-14(13)11-15/h2-9,15H,10-11H2,1H3,(H2,18,19,20). The predicted octanol–water partition coefficient (Wildman–Crippen LogP) is 2.15. The number of urea groups is 1. The first kappa shape index (κ1) is 15.6. The lowest BCUT2D eigenvalue weighted by Gasteiger charge is -2.13. The molecule has 0 aliphatic heterocycles. The molecule has 0 atom stereocenters. The van der Waals surface area contributed by atoms with Gasteiger partial charge in [-0.15, -0.1) is 0 Å². The molecule has 6 heteroatoms. The Kier molecular flexibility index (Phi) is 4.09. The van der Waals surface area contributed by atoms with Gasteiger partial charge < -0.3 is 5.32 Å². The van der Waals surface area contributed by atoms with Gasteiger partial charge in [0.15, 0.2) is 0 Å². The first-order valence-electron chi connectivity index (χ1n) is 7.41. The second-order valence-electron chi connectivity index (χ2n) is 5.77. The number of nitrogens with one attached hydrogen (secondary N) is 2. The van der Waals surface area contributed by atoms with Crippen LogP contribution in [0.15, 0.2) is 53.4 Å². The normalized spacial score (nSPS) is 14.3. The molecule has 2 amide bonds. The molecule has 23 heavy (non-hydrogen) atoms. The van der Waals surface area contributed by atoms with Crippen LogP contribution >= 0.6 is 0 Å². The molecule has 3 rings (SSSR count). The van der Waals surface area contributed by atoms with Crippen LogP contribution in [0.25, 0.3) is 0 Å². The van der Waals surface area contributed by atoms with Crippen LogP contribution in [0.5, 0.6) is 0 Å². The molecule has 0 heterocycles. The second kappa shape index (κ2) is 6.04. The molecular formula is C17H18N2O3S. The Morgan fingerprint density at radius 1 is 1.00 bits per heavy atom. The van der Waals surface area contributed by atoms with E-state index in [4.69, 9.17) is 0 Å². The van der Waals surface area contributed by atoms with Crippen molar-refractivity contribution in [3.05, 3.63) is 65.2 Å². The van der Waals surface area contributed by atoms with Gasteiger partial charge in [0.2, 0.25) is 0 Å². The molecule has 2 aromatic carbocycles. The largest absolute Gasteiger partial charge is 0.334 e. The van der Waals surface area contributed by atoms with Crippen molar-refractivity contribution in [3.8, 4) is 0 Å². The third-order valence-electron chi connectivity index (χ3n) is 3.94. The Morgan fingerprint density at radius 3 is 2.13 bits per heavy atom. The van der Waals surface area contributed by atoms with E-state index in [0.717, 1.165) is 5.56 Å². The Bertz CT molecular complexity index is 804. The monoisotopic (exact) mass is 330 g/mol. The van der Waals surface area contributed by atoms with Crippen molar-refractivity contribution < 1.29 is 13.2 Å². The van der Waals surface area contributed by atoms with Gasteiger partial charge in [0, 0.05) is 6.04 Å². The Morgan fingerprint density at radius 2 is 1.57 bits per heavy atom. The summed E-state index contributed by atoms with van der Waals surface area (Å²) in [6.45, 7) is 1.87. The highest BCUT2D eigenvalue weighted by molar-refractivity contribution is 7.90. The van der Waals surface area contributed by atoms with Gasteiger partial charge in [-0.1, -0.05) is 42.0 Å². The molecule has 2 N–H and O–H groups in total. The fraction of sp³-hybridized carbons (Fsp3) is 0.235. The molecule has 120 valence electrons. The van der Waals surface area contributed by atoms with Gasteiger partial charge in [0.05, 0.1) is 4.90 Å². The van der Waals surface area contributed by atoms with Crippen LogP contribution < -0.4 is 10.0 Å². The summed E-state index contributed by atoms with van der Waals surface area (Å²) in [6.07, 6.45) is 1.43. The van der Waals surface area contributed by atoms with E-state index < -0.39 is 16.1 Å². The first-order valence-corrected chi connectivity index (χ1v) is 8.89. The van der Waals surface area contributed by atoms with E-state index in [1.807, 2.05) is 31.2 Å². The molecule has 0 unspecified atom stereocenters. The molecule has 0 spiro atoms. The van der Waals surface area contributed by atoms with Gasteiger partial charge in [0.1, 0.15) is 0 Å². The summed E-state index contributed by atoms with van der Waals surface area (Å²) in [7, 11) is -3.85. The summed E-state index contributed by atoms with van der Waals surface area (Å²) in [5, 5.41) is 2.73. The molecule has 5 nitrogen and oxygen atoms in total. The van der Waals surface area contributed by atoms with Gasteiger partial charge in [0.25, 0.3) is 10.0 Å². The van der Waals surface area contributed by atoms with Crippen molar-refractivity contribution in [1.29, 1.82) is 0 Å². The van der Waals surface area contributed by atoms with Gasteiger partial charge in [-0.05, 0) is 43.0 Å². The summed E-state index contributed by atoms with van der Waals surface area (Å²) in [4.78, 5) is 12.1. The third kappa shape index (κ3) is 3.53. The van der Waals surface area contributed by atoms with Crippen LogP contribution in [0.4, 0.5) is 4.79 Å². The van der Waals surface area contributed by atoms with Crippen molar-refractivity contribution >= 4 is 16.1 Å². The number of fused-ring (bicyclic) bond motifs is 1. The maximum Gasteiger partial charge on any atom is 0.328 e. The number of rotatable bonds is 3. The van der Waals surface area contributed by atoms with E-state index in [1.54, 1.807) is 12.1 Å². The number of benzene rings is 2. The van der Waals surface area contributed by atoms with Gasteiger partial charge in [-0.25, -0.2) is 17.9 Å². The number of hydrogen-bond donors (Lipinski definition) is 2. The Labute approximate surface area is 135 Å². The molecule has 2 aromatic rings. The SMILES string of the molecule is Cc1ccc(S(=O)(=O)NC(=O)NC2Cc3ccccc3C2)cc1. The van der Waals surface area contributed by atoms with Gasteiger partial charge in [-0.3, -0.25) is 0 Å². The number of carbonyl (C=O) groups excluding carboxylic acids is 1. The molecule has 0 saturated carbocycles. The highest BCUT2D eigenvalue weighted by atomic mass is 32.2. The second-order valence-corrected chi connectivity index (χ2v) is 7.45. The molecule has 0 fully saturated rings. The number of aryl methyl sites for hydroxylation is 1. The quantitative estimate of drug-likeness (QED) is 0.905. The third-order valence-corrected chi connectivity index (χ3v) is 5.29. The van der Waals surface area contributed by atoms with Crippen molar-refractivity contribution in [2.24, 2.45) is 0 Å². The van der Waals surface area contributed by atoms with Crippen molar-refractivity contribution in [3.63, 3.8) is 0 Å². The predicted molar refractivity (Wildman–Crippen MR) is 87.7 cm³/mol. The first-order chi connectivity index (χ1) is 10.9. The van der Waals surface area contributed by atoms with Crippen LogP contribution in [0.3, 0.4) is 0 Å². The van der Waals surface area contributed by atoms with E-state index in [-0.39, 0.29) is 10.9 Å². The van der Waals surface area contributed by atoms with Crippen molar-refractivity contribution in [2.75, 3.05) is 0 Å². The molecule has 0 saturated heterocycles. The van der Waals surface area contributed by atoms with E-state index in [0.29, 0.717) is 12.8 Å². The number of amides is 2. The molecule has 0 aromatic heterocycles. The smallest absolute Gasteiger partial charge is 0.328 e. The Hall–Kier alpha value is -2.34. The summed E-state index contributed by atoms with van der Waals surface area (Å²) < 4.78 is 26.4. The highest BCUT2D eigenvalue weighted by Crippen LogP contribution is 2.21. The minimum atomic E-state index is -3.85. The zero-order valence-electron chi connectivity index (χ0n) is 12.7. The minimum absolute atomic E-state index is 0.0768. The van der Waals surface area contributed by atoms with Crippen LogP contribution in [-0.4, -0.2) is 20.5 Å². The average molecular weight is 330 g/mol. The van der Waals surface area contributed by atoms with Crippen molar-refractivity contribution in [1.82, 2.24) is 10.0 Å². The molecule has 1 aliphatic carbocycles. The van der Waals surface area contributed by atoms with Crippen LogP contribution in [0, 0.1) is 6.92 Å². The summed E-state index contributed by atoms with van der Waals surface area (Å²) in [5.41, 5.74) is 3.34. The molecule has 0 radical (unpaired) electrons. The van der Waals surface area contributed by atoms with Crippen LogP contribution in [-0.2, 0) is 22.9 Å². The lowest BCUT2D eigenvalue weighted by molar-refractivity contribution is 0.242. The highest BCUT2D eigenvalue weighted by Gasteiger charge is 2.24. The van der Waals surface area contributed by atoms with Crippen LogP contribution in [0.1, 0.15) is 16.7 Å². The van der Waals surface area contributed by atoms with Crippen LogP contribution in [0.2, 0.25) is 0 Å².